The predicted octanol–water partition coefficient (Wildman–Crippen LogP) is 2.13. The van der Waals surface area contributed by atoms with Gasteiger partial charge in [-0.15, -0.1) is 0 Å². The maximum absolute atomic E-state index is 9.47. The van der Waals surface area contributed by atoms with Gasteiger partial charge >= 0.3 is 0 Å². The van der Waals surface area contributed by atoms with Gasteiger partial charge < -0.3 is 15.7 Å². The third kappa shape index (κ3) is 3.25. The number of nitrogens with two attached hydrogens (primary N) is 1. The second-order valence-electron chi connectivity index (χ2n) is 6.54. The summed E-state index contributed by atoms with van der Waals surface area (Å²) in [7, 11) is 2.27. The Morgan fingerprint density at radius 1 is 1.17 bits per heavy atom. The molecule has 0 aliphatic heterocycles. The van der Waals surface area contributed by atoms with Crippen molar-refractivity contribution in [2.45, 2.75) is 69.4 Å². The lowest BCUT2D eigenvalue weighted by atomic mass is 9.86. The summed E-state index contributed by atoms with van der Waals surface area (Å²) in [4.78, 5) is 2.54. The second-order valence-corrected chi connectivity index (χ2v) is 6.54. The van der Waals surface area contributed by atoms with Gasteiger partial charge in [0.05, 0.1) is 6.61 Å². The number of aliphatic hydroxyl groups is 1. The number of aliphatic hydroxyl groups excluding tert-OH is 1. The van der Waals surface area contributed by atoms with Gasteiger partial charge in [0.1, 0.15) is 0 Å². The molecule has 0 aromatic carbocycles. The van der Waals surface area contributed by atoms with Crippen molar-refractivity contribution in [2.24, 2.45) is 11.7 Å². The quantitative estimate of drug-likeness (QED) is 0.790. The van der Waals surface area contributed by atoms with Crippen LogP contribution in [0, 0.1) is 5.92 Å². The minimum Gasteiger partial charge on any atom is -0.394 e. The lowest BCUT2D eigenvalue weighted by molar-refractivity contribution is 0.132. The largest absolute Gasteiger partial charge is 0.394 e. The summed E-state index contributed by atoms with van der Waals surface area (Å²) in [6.07, 6.45) is 11.5. The Labute approximate surface area is 112 Å². The number of nitrogens with zero attached hydrogens (tertiary/aromatic N) is 1. The molecule has 0 heterocycles. The molecule has 0 aromatic rings. The van der Waals surface area contributed by atoms with Gasteiger partial charge in [-0.05, 0) is 51.6 Å². The van der Waals surface area contributed by atoms with Crippen molar-refractivity contribution in [1.82, 2.24) is 4.90 Å². The molecule has 0 saturated heterocycles. The molecule has 18 heavy (non-hydrogen) atoms. The zero-order valence-corrected chi connectivity index (χ0v) is 11.9. The summed E-state index contributed by atoms with van der Waals surface area (Å²) < 4.78 is 0. The van der Waals surface area contributed by atoms with E-state index in [2.05, 4.69) is 11.9 Å². The number of hydrogen-bond donors (Lipinski definition) is 2. The molecule has 2 aliphatic carbocycles. The molecular weight excluding hydrogens is 224 g/mol. The number of rotatable bonds is 5. The molecule has 0 amide bonds. The standard InChI is InChI=1S/C15H30N2O/c1-17(14-7-3-2-4-8-14)11-9-13-6-5-10-15(13,16)12-18/h13-14,18H,2-12,16H2,1H3. The van der Waals surface area contributed by atoms with E-state index in [0.29, 0.717) is 5.92 Å². The smallest absolute Gasteiger partial charge is 0.0613 e. The Kier molecular flexibility index (Phi) is 5.05. The fraction of sp³-hybridized carbons (Fsp3) is 1.00. The summed E-state index contributed by atoms with van der Waals surface area (Å²) in [5, 5.41) is 9.47. The van der Waals surface area contributed by atoms with Crippen LogP contribution in [0.25, 0.3) is 0 Å². The van der Waals surface area contributed by atoms with Crippen molar-refractivity contribution >= 4 is 0 Å². The molecule has 0 bridgehead atoms. The van der Waals surface area contributed by atoms with Gasteiger partial charge in [0.25, 0.3) is 0 Å². The average molecular weight is 254 g/mol. The molecule has 3 heteroatoms. The van der Waals surface area contributed by atoms with E-state index in [-0.39, 0.29) is 12.1 Å². The highest BCUT2D eigenvalue weighted by Gasteiger charge is 2.38. The molecule has 2 unspecified atom stereocenters. The Hall–Kier alpha value is -0.120. The zero-order valence-electron chi connectivity index (χ0n) is 11.9. The van der Waals surface area contributed by atoms with Crippen molar-refractivity contribution in [3.8, 4) is 0 Å². The SMILES string of the molecule is CN(CCC1CCCC1(N)CO)C1CCCCC1. The predicted molar refractivity (Wildman–Crippen MR) is 75.5 cm³/mol. The second kappa shape index (κ2) is 6.36. The molecule has 3 N–H and O–H groups in total. The van der Waals surface area contributed by atoms with Crippen LogP contribution in [-0.4, -0.2) is 41.8 Å². The Morgan fingerprint density at radius 2 is 1.89 bits per heavy atom. The number of hydrogen-bond acceptors (Lipinski definition) is 3. The molecule has 3 nitrogen and oxygen atoms in total. The van der Waals surface area contributed by atoms with Gasteiger partial charge in [-0.3, -0.25) is 0 Å². The van der Waals surface area contributed by atoms with Crippen LogP contribution >= 0.6 is 0 Å². The van der Waals surface area contributed by atoms with E-state index in [4.69, 9.17) is 5.73 Å². The van der Waals surface area contributed by atoms with Crippen LogP contribution in [0.2, 0.25) is 0 Å². The first-order valence-electron chi connectivity index (χ1n) is 7.76. The highest BCUT2D eigenvalue weighted by molar-refractivity contribution is 4.96. The lowest BCUT2D eigenvalue weighted by Crippen LogP contribution is -2.48. The Bertz CT molecular complexity index is 253. The van der Waals surface area contributed by atoms with E-state index < -0.39 is 0 Å². The van der Waals surface area contributed by atoms with Crippen molar-refractivity contribution in [3.05, 3.63) is 0 Å². The summed E-state index contributed by atoms with van der Waals surface area (Å²) in [5.74, 6) is 0.522. The van der Waals surface area contributed by atoms with Crippen LogP contribution in [0.15, 0.2) is 0 Å². The molecule has 2 saturated carbocycles. The van der Waals surface area contributed by atoms with Crippen LogP contribution in [0.1, 0.15) is 57.8 Å². The van der Waals surface area contributed by atoms with Gasteiger partial charge in [-0.2, -0.15) is 0 Å². The molecule has 0 spiro atoms. The first kappa shape index (κ1) is 14.3. The fourth-order valence-corrected chi connectivity index (χ4v) is 3.87. The molecule has 2 atom stereocenters. The Morgan fingerprint density at radius 3 is 2.56 bits per heavy atom. The van der Waals surface area contributed by atoms with Crippen LogP contribution < -0.4 is 5.73 Å². The highest BCUT2D eigenvalue weighted by atomic mass is 16.3. The first-order valence-corrected chi connectivity index (χ1v) is 7.76. The van der Waals surface area contributed by atoms with Crippen LogP contribution in [-0.2, 0) is 0 Å². The normalized spacial score (nSPS) is 34.3. The van der Waals surface area contributed by atoms with Crippen molar-refractivity contribution < 1.29 is 5.11 Å². The maximum atomic E-state index is 9.47. The summed E-state index contributed by atoms with van der Waals surface area (Å²) >= 11 is 0. The van der Waals surface area contributed by atoms with Crippen LogP contribution in [0.4, 0.5) is 0 Å². The maximum Gasteiger partial charge on any atom is 0.0613 e. The summed E-state index contributed by atoms with van der Waals surface area (Å²) in [5.41, 5.74) is 6.01. The minimum atomic E-state index is -0.284. The van der Waals surface area contributed by atoms with E-state index in [9.17, 15) is 5.11 Å². The molecular formula is C15H30N2O. The summed E-state index contributed by atoms with van der Waals surface area (Å²) in [6, 6.07) is 0.793. The monoisotopic (exact) mass is 254 g/mol. The zero-order chi connectivity index (χ0) is 13.0. The fourth-order valence-electron chi connectivity index (χ4n) is 3.87. The van der Waals surface area contributed by atoms with Gasteiger partial charge in [0.15, 0.2) is 0 Å². The average Bonchev–Trinajstić information content (AvgIpc) is 2.79. The third-order valence-electron chi connectivity index (χ3n) is 5.33. The van der Waals surface area contributed by atoms with Gasteiger partial charge in [-0.1, -0.05) is 25.7 Å². The summed E-state index contributed by atoms with van der Waals surface area (Å²) in [6.45, 7) is 1.30. The lowest BCUT2D eigenvalue weighted by Gasteiger charge is -2.34. The molecule has 106 valence electrons. The van der Waals surface area contributed by atoms with Gasteiger partial charge in [0, 0.05) is 11.6 Å². The highest BCUT2D eigenvalue weighted by Crippen LogP contribution is 2.36. The van der Waals surface area contributed by atoms with Gasteiger partial charge in [0.2, 0.25) is 0 Å². The van der Waals surface area contributed by atoms with Crippen molar-refractivity contribution in [1.29, 1.82) is 0 Å². The van der Waals surface area contributed by atoms with Crippen LogP contribution in [0.5, 0.6) is 0 Å². The van der Waals surface area contributed by atoms with Crippen LogP contribution in [0.3, 0.4) is 0 Å². The molecule has 0 radical (unpaired) electrons. The van der Waals surface area contributed by atoms with Gasteiger partial charge in [-0.25, -0.2) is 0 Å². The van der Waals surface area contributed by atoms with E-state index in [1.165, 1.54) is 44.9 Å². The molecule has 0 aromatic heterocycles. The van der Waals surface area contributed by atoms with E-state index in [1.807, 2.05) is 0 Å². The minimum absolute atomic E-state index is 0.158. The first-order chi connectivity index (χ1) is 8.65. The van der Waals surface area contributed by atoms with E-state index >= 15 is 0 Å². The van der Waals surface area contributed by atoms with Crippen molar-refractivity contribution in [3.63, 3.8) is 0 Å². The van der Waals surface area contributed by atoms with E-state index in [0.717, 1.165) is 25.4 Å². The third-order valence-corrected chi connectivity index (χ3v) is 5.33. The van der Waals surface area contributed by atoms with Crippen molar-refractivity contribution in [2.75, 3.05) is 20.2 Å². The Balaban J connectivity index is 1.76. The molecule has 2 rings (SSSR count). The topological polar surface area (TPSA) is 49.5 Å². The molecule has 2 aliphatic rings. The molecule has 2 fully saturated rings. The van der Waals surface area contributed by atoms with E-state index in [1.54, 1.807) is 0 Å².